The molecule has 1 aromatic carbocycles. The monoisotopic (exact) mass is 327 g/mol. The van der Waals surface area contributed by atoms with Crippen molar-refractivity contribution in [3.05, 3.63) is 29.3 Å². The number of halogens is 1. The predicted octanol–water partition coefficient (Wildman–Crippen LogP) is 6.16. The molecule has 0 heterocycles. The number of thioether (sulfide) groups is 1. The highest BCUT2D eigenvalue weighted by Gasteiger charge is 2.08. The summed E-state index contributed by atoms with van der Waals surface area (Å²) >= 11 is 7.94. The lowest BCUT2D eigenvalue weighted by Gasteiger charge is -2.17. The normalized spacial score (nSPS) is 12.5. The van der Waals surface area contributed by atoms with Gasteiger partial charge in [0.05, 0.1) is 0 Å². The Kier molecular flexibility index (Phi) is 11.1. The van der Waals surface area contributed by atoms with Crippen molar-refractivity contribution in [3.8, 4) is 0 Å². The van der Waals surface area contributed by atoms with E-state index in [0.717, 1.165) is 17.3 Å². The van der Waals surface area contributed by atoms with Gasteiger partial charge in [0.1, 0.15) is 0 Å². The Bertz CT molecular complexity index is 370. The fraction of sp³-hybridized carbons (Fsp3) is 0.667. The Labute approximate surface area is 140 Å². The molecule has 1 aromatic rings. The lowest BCUT2D eigenvalue weighted by molar-refractivity contribution is 0.494. The highest BCUT2D eigenvalue weighted by atomic mass is 35.5. The molecule has 120 valence electrons. The highest BCUT2D eigenvalue weighted by Crippen LogP contribution is 2.23. The summed E-state index contributed by atoms with van der Waals surface area (Å²) < 4.78 is 0. The molecule has 0 fully saturated rings. The van der Waals surface area contributed by atoms with E-state index in [9.17, 15) is 0 Å². The van der Waals surface area contributed by atoms with Gasteiger partial charge in [-0.1, -0.05) is 70.0 Å². The average molecular weight is 328 g/mol. The summed E-state index contributed by atoms with van der Waals surface area (Å²) in [6.45, 7) is 5.52. The van der Waals surface area contributed by atoms with Crippen molar-refractivity contribution in [2.24, 2.45) is 0 Å². The summed E-state index contributed by atoms with van der Waals surface area (Å²) in [4.78, 5) is 1.27. The first-order valence-corrected chi connectivity index (χ1v) is 9.74. The van der Waals surface area contributed by atoms with E-state index < -0.39 is 0 Å². The third kappa shape index (κ3) is 9.44. The van der Waals surface area contributed by atoms with Crippen LogP contribution in [-0.2, 0) is 0 Å². The van der Waals surface area contributed by atoms with Gasteiger partial charge in [0.2, 0.25) is 0 Å². The Morgan fingerprint density at radius 1 is 1.10 bits per heavy atom. The van der Waals surface area contributed by atoms with Crippen LogP contribution in [0, 0.1) is 0 Å². The van der Waals surface area contributed by atoms with Crippen molar-refractivity contribution in [2.75, 3.05) is 12.3 Å². The molecule has 1 rings (SSSR count). The molecule has 0 saturated heterocycles. The fourth-order valence-corrected chi connectivity index (χ4v) is 3.78. The van der Waals surface area contributed by atoms with Gasteiger partial charge in [0, 0.05) is 21.7 Å². The van der Waals surface area contributed by atoms with Crippen LogP contribution >= 0.6 is 23.4 Å². The second-order valence-corrected chi connectivity index (χ2v) is 7.11. The first-order valence-electron chi connectivity index (χ1n) is 8.38. The van der Waals surface area contributed by atoms with E-state index in [4.69, 9.17) is 11.6 Å². The van der Waals surface area contributed by atoms with Crippen molar-refractivity contribution in [3.63, 3.8) is 0 Å². The van der Waals surface area contributed by atoms with Gasteiger partial charge in [-0.05, 0) is 31.2 Å². The standard InChI is InChI=1S/C18H30ClNS/c1-3-5-6-7-8-9-12-17(20-4-2)15-21-18-13-10-11-16(19)14-18/h10-11,13-14,17,20H,3-9,12,15H2,1-2H3. The van der Waals surface area contributed by atoms with Gasteiger partial charge in [-0.3, -0.25) is 0 Å². The number of hydrogen-bond donors (Lipinski definition) is 1. The molecule has 0 spiro atoms. The molecule has 0 aromatic heterocycles. The first kappa shape index (κ1) is 18.9. The Balaban J connectivity index is 2.22. The maximum atomic E-state index is 6.04. The molecule has 0 amide bonds. The minimum atomic E-state index is 0.616. The SMILES string of the molecule is CCCCCCCCC(CSc1cccc(Cl)c1)NCC. The summed E-state index contributed by atoms with van der Waals surface area (Å²) in [5.74, 6) is 1.13. The van der Waals surface area contributed by atoms with Crippen molar-refractivity contribution >= 4 is 23.4 Å². The summed E-state index contributed by atoms with van der Waals surface area (Å²) in [7, 11) is 0. The smallest absolute Gasteiger partial charge is 0.0417 e. The minimum absolute atomic E-state index is 0.616. The zero-order valence-electron chi connectivity index (χ0n) is 13.5. The number of benzene rings is 1. The molecule has 0 aliphatic rings. The lowest BCUT2D eigenvalue weighted by Crippen LogP contribution is -2.31. The molecule has 21 heavy (non-hydrogen) atoms. The van der Waals surface area contributed by atoms with Gasteiger partial charge in [-0.2, -0.15) is 0 Å². The Hall–Kier alpha value is -0.180. The van der Waals surface area contributed by atoms with E-state index in [0.29, 0.717) is 6.04 Å². The summed E-state index contributed by atoms with van der Waals surface area (Å²) in [5, 5.41) is 4.45. The van der Waals surface area contributed by atoms with Crippen molar-refractivity contribution in [1.82, 2.24) is 5.32 Å². The van der Waals surface area contributed by atoms with Crippen molar-refractivity contribution < 1.29 is 0 Å². The number of unbranched alkanes of at least 4 members (excludes halogenated alkanes) is 5. The molecule has 0 radical (unpaired) electrons. The van der Waals surface area contributed by atoms with Crippen LogP contribution in [0.25, 0.3) is 0 Å². The molecule has 1 N–H and O–H groups in total. The van der Waals surface area contributed by atoms with Crippen LogP contribution in [0.3, 0.4) is 0 Å². The van der Waals surface area contributed by atoms with Crippen LogP contribution in [0.5, 0.6) is 0 Å². The molecular weight excluding hydrogens is 298 g/mol. The van der Waals surface area contributed by atoms with Crippen LogP contribution in [-0.4, -0.2) is 18.3 Å². The topological polar surface area (TPSA) is 12.0 Å². The molecule has 0 saturated carbocycles. The van der Waals surface area contributed by atoms with Crippen LogP contribution < -0.4 is 5.32 Å². The van der Waals surface area contributed by atoms with E-state index in [2.05, 4.69) is 31.3 Å². The number of hydrogen-bond acceptors (Lipinski definition) is 2. The van der Waals surface area contributed by atoms with E-state index in [-0.39, 0.29) is 0 Å². The van der Waals surface area contributed by atoms with E-state index >= 15 is 0 Å². The van der Waals surface area contributed by atoms with Crippen LogP contribution in [0.1, 0.15) is 58.8 Å². The van der Waals surface area contributed by atoms with Gasteiger partial charge < -0.3 is 5.32 Å². The minimum Gasteiger partial charge on any atom is -0.313 e. The second-order valence-electron chi connectivity index (χ2n) is 5.58. The first-order chi connectivity index (χ1) is 10.3. The number of nitrogens with one attached hydrogen (secondary N) is 1. The zero-order chi connectivity index (χ0) is 15.3. The molecule has 1 unspecified atom stereocenters. The van der Waals surface area contributed by atoms with Gasteiger partial charge in [0.15, 0.2) is 0 Å². The maximum Gasteiger partial charge on any atom is 0.0417 e. The Morgan fingerprint density at radius 2 is 1.86 bits per heavy atom. The molecule has 0 aliphatic heterocycles. The molecule has 1 nitrogen and oxygen atoms in total. The molecule has 0 bridgehead atoms. The highest BCUT2D eigenvalue weighted by molar-refractivity contribution is 7.99. The predicted molar refractivity (Wildman–Crippen MR) is 97.6 cm³/mol. The van der Waals surface area contributed by atoms with E-state index in [1.807, 2.05) is 23.9 Å². The summed E-state index contributed by atoms with van der Waals surface area (Å²) in [6, 6.07) is 8.78. The molecule has 3 heteroatoms. The average Bonchev–Trinajstić information content (AvgIpc) is 2.48. The van der Waals surface area contributed by atoms with E-state index in [1.165, 1.54) is 49.8 Å². The van der Waals surface area contributed by atoms with E-state index in [1.54, 1.807) is 0 Å². The Morgan fingerprint density at radius 3 is 2.57 bits per heavy atom. The second kappa shape index (κ2) is 12.4. The van der Waals surface area contributed by atoms with Crippen molar-refractivity contribution in [1.29, 1.82) is 0 Å². The van der Waals surface area contributed by atoms with Gasteiger partial charge in [-0.15, -0.1) is 11.8 Å². The molecule has 1 atom stereocenters. The summed E-state index contributed by atoms with van der Waals surface area (Å²) in [6.07, 6.45) is 9.53. The molecule has 0 aliphatic carbocycles. The molecular formula is C18H30ClNS. The van der Waals surface area contributed by atoms with Crippen LogP contribution in [0.15, 0.2) is 29.2 Å². The number of rotatable bonds is 12. The largest absolute Gasteiger partial charge is 0.313 e. The third-order valence-electron chi connectivity index (χ3n) is 3.65. The van der Waals surface area contributed by atoms with Crippen molar-refractivity contribution in [2.45, 2.75) is 69.7 Å². The van der Waals surface area contributed by atoms with Crippen LogP contribution in [0.2, 0.25) is 5.02 Å². The maximum absolute atomic E-state index is 6.04. The van der Waals surface area contributed by atoms with Gasteiger partial charge >= 0.3 is 0 Å². The summed E-state index contributed by atoms with van der Waals surface area (Å²) in [5.41, 5.74) is 0. The third-order valence-corrected chi connectivity index (χ3v) is 5.04. The fourth-order valence-electron chi connectivity index (χ4n) is 2.46. The zero-order valence-corrected chi connectivity index (χ0v) is 15.1. The van der Waals surface area contributed by atoms with Gasteiger partial charge in [-0.25, -0.2) is 0 Å². The van der Waals surface area contributed by atoms with Crippen LogP contribution in [0.4, 0.5) is 0 Å². The lowest BCUT2D eigenvalue weighted by atomic mass is 10.1. The quantitative estimate of drug-likeness (QED) is 0.364. The van der Waals surface area contributed by atoms with Gasteiger partial charge in [0.25, 0.3) is 0 Å².